The third kappa shape index (κ3) is 4.84. The predicted octanol–water partition coefficient (Wildman–Crippen LogP) is 0.185. The van der Waals surface area contributed by atoms with Crippen LogP contribution in [0.3, 0.4) is 0 Å². The number of piperazine rings is 1. The van der Waals surface area contributed by atoms with Crippen LogP contribution in [0.5, 0.6) is 0 Å². The number of rotatable bonds is 6. The van der Waals surface area contributed by atoms with Gasteiger partial charge in [-0.2, -0.15) is 4.31 Å². The zero-order valence-corrected chi connectivity index (χ0v) is 12.6. The van der Waals surface area contributed by atoms with Gasteiger partial charge in [-0.3, -0.25) is 0 Å². The molecule has 1 fully saturated rings. The van der Waals surface area contributed by atoms with Gasteiger partial charge in [-0.15, -0.1) is 0 Å². The van der Waals surface area contributed by atoms with Crippen LogP contribution in [-0.2, 0) is 10.0 Å². The maximum absolute atomic E-state index is 12.1. The third-order valence-corrected chi connectivity index (χ3v) is 5.48. The summed E-state index contributed by atoms with van der Waals surface area (Å²) >= 11 is 0. The van der Waals surface area contributed by atoms with E-state index in [0.29, 0.717) is 25.6 Å². The molecule has 108 valence electrons. The van der Waals surface area contributed by atoms with Crippen LogP contribution >= 0.6 is 0 Å². The molecule has 2 N–H and O–H groups in total. The molecule has 1 aliphatic rings. The molecule has 5 nitrogen and oxygen atoms in total. The predicted molar refractivity (Wildman–Crippen MR) is 74.9 cm³/mol. The Morgan fingerprint density at radius 1 is 1.11 bits per heavy atom. The van der Waals surface area contributed by atoms with E-state index in [1.165, 1.54) is 0 Å². The van der Waals surface area contributed by atoms with E-state index in [1.54, 1.807) is 4.31 Å². The largest absolute Gasteiger partial charge is 0.330 e. The van der Waals surface area contributed by atoms with Crippen molar-refractivity contribution in [3.63, 3.8) is 0 Å². The third-order valence-electron chi connectivity index (χ3n) is 3.24. The van der Waals surface area contributed by atoms with Crippen LogP contribution in [0.2, 0.25) is 0 Å². The fourth-order valence-corrected chi connectivity index (χ4v) is 4.01. The topological polar surface area (TPSA) is 66.6 Å². The van der Waals surface area contributed by atoms with Gasteiger partial charge in [0, 0.05) is 32.7 Å². The summed E-state index contributed by atoms with van der Waals surface area (Å²) in [5, 5.41) is 0. The van der Waals surface area contributed by atoms with Crippen LogP contribution in [0.25, 0.3) is 0 Å². The van der Waals surface area contributed by atoms with Crippen LogP contribution in [0.1, 0.15) is 20.8 Å². The first kappa shape index (κ1) is 15.9. The lowest BCUT2D eigenvalue weighted by Crippen LogP contribution is -2.50. The molecular weight excluding hydrogens is 250 g/mol. The quantitative estimate of drug-likeness (QED) is 0.752. The lowest BCUT2D eigenvalue weighted by atomic mass is 10.1. The molecule has 0 spiro atoms. The highest BCUT2D eigenvalue weighted by Gasteiger charge is 2.27. The molecule has 0 bridgehead atoms. The standard InChI is InChI=1S/C12H27N3O2S/c1-11(2)10-18(16,17)15-6-4-14(5-7-15)9-12(3)8-13/h11-12H,4-10,13H2,1-3H3. The van der Waals surface area contributed by atoms with E-state index in [1.807, 2.05) is 13.8 Å². The van der Waals surface area contributed by atoms with Crippen molar-refractivity contribution in [2.75, 3.05) is 45.0 Å². The first-order valence-corrected chi connectivity index (χ1v) is 8.36. The first-order chi connectivity index (χ1) is 8.35. The zero-order chi connectivity index (χ0) is 13.8. The van der Waals surface area contributed by atoms with E-state index in [4.69, 9.17) is 5.73 Å². The van der Waals surface area contributed by atoms with Crippen LogP contribution in [0.15, 0.2) is 0 Å². The van der Waals surface area contributed by atoms with Crippen molar-refractivity contribution < 1.29 is 8.42 Å². The lowest BCUT2D eigenvalue weighted by Gasteiger charge is -2.35. The summed E-state index contributed by atoms with van der Waals surface area (Å²) < 4.78 is 25.8. The molecule has 1 aliphatic heterocycles. The van der Waals surface area contributed by atoms with Crippen molar-refractivity contribution >= 4 is 10.0 Å². The average molecular weight is 277 g/mol. The Balaban J connectivity index is 2.44. The van der Waals surface area contributed by atoms with Gasteiger partial charge in [-0.1, -0.05) is 20.8 Å². The Labute approximate surface area is 111 Å². The van der Waals surface area contributed by atoms with Gasteiger partial charge >= 0.3 is 0 Å². The molecule has 1 rings (SSSR count). The zero-order valence-electron chi connectivity index (χ0n) is 11.8. The Kier molecular flexibility index (Phi) is 6.04. The minimum absolute atomic E-state index is 0.185. The van der Waals surface area contributed by atoms with Crippen molar-refractivity contribution in [1.82, 2.24) is 9.21 Å². The van der Waals surface area contributed by atoms with Gasteiger partial charge < -0.3 is 10.6 Å². The molecule has 0 saturated carbocycles. The number of hydrogen-bond acceptors (Lipinski definition) is 4. The highest BCUT2D eigenvalue weighted by atomic mass is 32.2. The Morgan fingerprint density at radius 3 is 2.11 bits per heavy atom. The van der Waals surface area contributed by atoms with Crippen LogP contribution in [0.4, 0.5) is 0 Å². The summed E-state index contributed by atoms with van der Waals surface area (Å²) in [5.41, 5.74) is 5.61. The summed E-state index contributed by atoms with van der Waals surface area (Å²) in [4.78, 5) is 2.30. The molecule has 6 heteroatoms. The van der Waals surface area contributed by atoms with Crippen LogP contribution < -0.4 is 5.73 Å². The van der Waals surface area contributed by atoms with Crippen LogP contribution in [-0.4, -0.2) is 62.6 Å². The minimum atomic E-state index is -3.06. The van der Waals surface area contributed by atoms with Gasteiger partial charge in [-0.25, -0.2) is 8.42 Å². The number of nitrogens with zero attached hydrogens (tertiary/aromatic N) is 2. The minimum Gasteiger partial charge on any atom is -0.330 e. The van der Waals surface area contributed by atoms with E-state index in [2.05, 4.69) is 11.8 Å². The van der Waals surface area contributed by atoms with Crippen molar-refractivity contribution in [2.24, 2.45) is 17.6 Å². The Bertz CT molecular complexity index is 335. The second kappa shape index (κ2) is 6.84. The first-order valence-electron chi connectivity index (χ1n) is 6.75. The van der Waals surface area contributed by atoms with Gasteiger partial charge in [0.15, 0.2) is 0 Å². The highest BCUT2D eigenvalue weighted by Crippen LogP contribution is 2.12. The van der Waals surface area contributed by atoms with E-state index in [0.717, 1.165) is 19.6 Å². The van der Waals surface area contributed by atoms with E-state index < -0.39 is 10.0 Å². The highest BCUT2D eigenvalue weighted by molar-refractivity contribution is 7.89. The van der Waals surface area contributed by atoms with Crippen molar-refractivity contribution in [1.29, 1.82) is 0 Å². The summed E-state index contributed by atoms with van der Waals surface area (Å²) in [7, 11) is -3.06. The molecule has 0 aromatic heterocycles. The lowest BCUT2D eigenvalue weighted by molar-refractivity contribution is 0.169. The molecule has 1 saturated heterocycles. The maximum atomic E-state index is 12.1. The summed E-state index contributed by atoms with van der Waals surface area (Å²) in [6, 6.07) is 0. The SMILES string of the molecule is CC(C)CS(=O)(=O)N1CCN(CC(C)CN)CC1. The second-order valence-electron chi connectivity index (χ2n) is 5.71. The van der Waals surface area contributed by atoms with E-state index >= 15 is 0 Å². The second-order valence-corrected chi connectivity index (χ2v) is 7.73. The summed E-state index contributed by atoms with van der Waals surface area (Å²) in [6.07, 6.45) is 0. The van der Waals surface area contributed by atoms with Gasteiger partial charge in [-0.05, 0) is 18.4 Å². The summed E-state index contributed by atoms with van der Waals surface area (Å²) in [5.74, 6) is 0.917. The molecule has 18 heavy (non-hydrogen) atoms. The van der Waals surface area contributed by atoms with Gasteiger partial charge in [0.25, 0.3) is 0 Å². The average Bonchev–Trinajstić information content (AvgIpc) is 2.28. The summed E-state index contributed by atoms with van der Waals surface area (Å²) in [6.45, 7) is 10.5. The van der Waals surface area contributed by atoms with Gasteiger partial charge in [0.1, 0.15) is 0 Å². The smallest absolute Gasteiger partial charge is 0.214 e. The Hall–Kier alpha value is -0.170. The monoisotopic (exact) mass is 277 g/mol. The van der Waals surface area contributed by atoms with Gasteiger partial charge in [0.05, 0.1) is 5.75 Å². The molecule has 1 unspecified atom stereocenters. The molecule has 1 atom stereocenters. The van der Waals surface area contributed by atoms with Gasteiger partial charge in [0.2, 0.25) is 10.0 Å². The van der Waals surface area contributed by atoms with E-state index in [-0.39, 0.29) is 11.7 Å². The maximum Gasteiger partial charge on any atom is 0.214 e. The molecular formula is C12H27N3O2S. The van der Waals surface area contributed by atoms with Crippen molar-refractivity contribution in [3.8, 4) is 0 Å². The van der Waals surface area contributed by atoms with E-state index in [9.17, 15) is 8.42 Å². The van der Waals surface area contributed by atoms with Crippen molar-refractivity contribution in [2.45, 2.75) is 20.8 Å². The van der Waals surface area contributed by atoms with Crippen LogP contribution in [0, 0.1) is 11.8 Å². The van der Waals surface area contributed by atoms with Crippen molar-refractivity contribution in [3.05, 3.63) is 0 Å². The molecule has 0 radical (unpaired) electrons. The fraction of sp³-hybridized carbons (Fsp3) is 1.00. The number of nitrogens with two attached hydrogens (primary N) is 1. The number of hydrogen-bond donors (Lipinski definition) is 1. The normalized spacial score (nSPS) is 21.4. The number of sulfonamides is 1. The Morgan fingerprint density at radius 2 is 1.67 bits per heavy atom. The molecule has 0 aromatic carbocycles. The molecule has 0 amide bonds. The fourth-order valence-electron chi connectivity index (χ4n) is 2.23. The molecule has 0 aromatic rings. The molecule has 0 aliphatic carbocycles. The molecule has 1 heterocycles.